The molecule has 0 fully saturated rings. The third-order valence-electron chi connectivity index (χ3n) is 4.37. The molecule has 0 saturated carbocycles. The number of esters is 1. The van der Waals surface area contributed by atoms with Crippen molar-refractivity contribution in [3.05, 3.63) is 53.6 Å². The van der Waals surface area contributed by atoms with Gasteiger partial charge in [-0.15, -0.1) is 0 Å². The van der Waals surface area contributed by atoms with Gasteiger partial charge in [0, 0.05) is 0 Å². The Balaban J connectivity index is 2.05. The Morgan fingerprint density at radius 3 is 2.40 bits per heavy atom. The predicted octanol–water partition coefficient (Wildman–Crippen LogP) is 4.76. The van der Waals surface area contributed by atoms with Crippen molar-refractivity contribution in [1.82, 2.24) is 0 Å². The van der Waals surface area contributed by atoms with Crippen LogP contribution in [0.15, 0.2) is 42.5 Å². The predicted molar refractivity (Wildman–Crippen MR) is 98.7 cm³/mol. The van der Waals surface area contributed by atoms with Gasteiger partial charge in [-0.1, -0.05) is 44.2 Å². The Morgan fingerprint density at radius 1 is 1.00 bits per heavy atom. The summed E-state index contributed by atoms with van der Waals surface area (Å²) in [5.41, 5.74) is 1.99. The first-order chi connectivity index (χ1) is 12.1. The lowest BCUT2D eigenvalue weighted by Crippen LogP contribution is -2.11. The standard InChI is InChI=1S/C21H26O4/c1-5-15(2)17-10-6-7-11-18(17)25-20(22)14-13-16-9-8-12-19(23-3)21(16)24-4/h6-12,15H,5,13-14H2,1-4H3. The highest BCUT2D eigenvalue weighted by Crippen LogP contribution is 2.32. The number of carbonyl (C=O) groups is 1. The van der Waals surface area contributed by atoms with E-state index in [1.807, 2.05) is 42.5 Å². The van der Waals surface area contributed by atoms with Gasteiger partial charge in [-0.3, -0.25) is 4.79 Å². The molecule has 0 heterocycles. The Bertz CT molecular complexity index is 709. The van der Waals surface area contributed by atoms with Crippen LogP contribution in [-0.4, -0.2) is 20.2 Å². The second-order valence-electron chi connectivity index (χ2n) is 5.97. The van der Waals surface area contributed by atoms with E-state index in [1.165, 1.54) is 0 Å². The minimum atomic E-state index is -0.249. The zero-order chi connectivity index (χ0) is 18.2. The van der Waals surface area contributed by atoms with Crippen LogP contribution in [0.4, 0.5) is 0 Å². The summed E-state index contributed by atoms with van der Waals surface area (Å²) in [5, 5.41) is 0. The zero-order valence-corrected chi connectivity index (χ0v) is 15.4. The van der Waals surface area contributed by atoms with Gasteiger partial charge in [0.1, 0.15) is 5.75 Å². The van der Waals surface area contributed by atoms with Gasteiger partial charge < -0.3 is 14.2 Å². The van der Waals surface area contributed by atoms with Crippen molar-refractivity contribution in [3.63, 3.8) is 0 Å². The lowest BCUT2D eigenvalue weighted by molar-refractivity contribution is -0.134. The van der Waals surface area contributed by atoms with Gasteiger partial charge in [0.15, 0.2) is 11.5 Å². The smallest absolute Gasteiger partial charge is 0.311 e. The molecular weight excluding hydrogens is 316 g/mol. The molecule has 0 aliphatic carbocycles. The van der Waals surface area contributed by atoms with Gasteiger partial charge in [0.2, 0.25) is 0 Å². The number of carbonyl (C=O) groups excluding carboxylic acids is 1. The normalized spacial score (nSPS) is 11.7. The molecule has 1 unspecified atom stereocenters. The highest BCUT2D eigenvalue weighted by Gasteiger charge is 2.15. The molecule has 0 aromatic heterocycles. The van der Waals surface area contributed by atoms with Crippen LogP contribution in [0.1, 0.15) is 43.7 Å². The number of para-hydroxylation sites is 2. The first-order valence-electron chi connectivity index (χ1n) is 8.60. The Labute approximate surface area is 149 Å². The van der Waals surface area contributed by atoms with Gasteiger partial charge in [-0.2, -0.15) is 0 Å². The fourth-order valence-electron chi connectivity index (χ4n) is 2.76. The summed E-state index contributed by atoms with van der Waals surface area (Å²) in [7, 11) is 3.20. The van der Waals surface area contributed by atoms with E-state index in [9.17, 15) is 4.79 Å². The number of benzene rings is 2. The number of ether oxygens (including phenoxy) is 3. The maximum absolute atomic E-state index is 12.3. The van der Waals surface area contributed by atoms with Crippen molar-refractivity contribution in [2.45, 2.75) is 39.0 Å². The second kappa shape index (κ2) is 9.11. The Kier molecular flexibility index (Phi) is 6.87. The zero-order valence-electron chi connectivity index (χ0n) is 15.4. The minimum absolute atomic E-state index is 0.249. The van der Waals surface area contributed by atoms with Crippen LogP contribution < -0.4 is 14.2 Å². The van der Waals surface area contributed by atoms with E-state index in [2.05, 4.69) is 13.8 Å². The minimum Gasteiger partial charge on any atom is -0.493 e. The number of hydrogen-bond donors (Lipinski definition) is 0. The van der Waals surface area contributed by atoms with Crippen molar-refractivity contribution < 1.29 is 19.0 Å². The van der Waals surface area contributed by atoms with Crippen molar-refractivity contribution >= 4 is 5.97 Å². The molecule has 0 bridgehead atoms. The van der Waals surface area contributed by atoms with Gasteiger partial charge in [0.05, 0.1) is 20.6 Å². The lowest BCUT2D eigenvalue weighted by atomic mass is 9.98. The SMILES string of the molecule is CCC(C)c1ccccc1OC(=O)CCc1cccc(OC)c1OC. The molecule has 0 spiro atoms. The molecule has 0 N–H and O–H groups in total. The molecule has 0 saturated heterocycles. The van der Waals surface area contributed by atoms with Crippen molar-refractivity contribution in [2.75, 3.05) is 14.2 Å². The van der Waals surface area contributed by atoms with E-state index in [0.29, 0.717) is 29.6 Å². The molecule has 2 aromatic rings. The highest BCUT2D eigenvalue weighted by atomic mass is 16.5. The van der Waals surface area contributed by atoms with Crippen LogP contribution >= 0.6 is 0 Å². The third-order valence-corrected chi connectivity index (χ3v) is 4.37. The molecule has 2 aromatic carbocycles. The summed E-state index contributed by atoms with van der Waals surface area (Å²) in [6, 6.07) is 13.4. The first kappa shape index (κ1) is 18.8. The van der Waals surface area contributed by atoms with Crippen LogP contribution in [0, 0.1) is 0 Å². The fourth-order valence-corrected chi connectivity index (χ4v) is 2.76. The van der Waals surface area contributed by atoms with Gasteiger partial charge in [-0.25, -0.2) is 0 Å². The molecule has 1 atom stereocenters. The average molecular weight is 342 g/mol. The summed E-state index contributed by atoms with van der Waals surface area (Å²) in [4.78, 5) is 12.3. The maximum atomic E-state index is 12.3. The van der Waals surface area contributed by atoms with Crippen molar-refractivity contribution in [2.24, 2.45) is 0 Å². The third kappa shape index (κ3) is 4.75. The van der Waals surface area contributed by atoms with Crippen LogP contribution in [0.3, 0.4) is 0 Å². The highest BCUT2D eigenvalue weighted by molar-refractivity contribution is 5.73. The van der Waals surface area contributed by atoms with E-state index in [1.54, 1.807) is 14.2 Å². The quantitative estimate of drug-likeness (QED) is 0.513. The summed E-state index contributed by atoms with van der Waals surface area (Å²) in [6.07, 6.45) is 1.80. The van der Waals surface area contributed by atoms with Crippen LogP contribution in [-0.2, 0) is 11.2 Å². The topological polar surface area (TPSA) is 44.8 Å². The average Bonchev–Trinajstić information content (AvgIpc) is 2.65. The lowest BCUT2D eigenvalue weighted by Gasteiger charge is -2.15. The summed E-state index contributed by atoms with van der Waals surface area (Å²) in [5.74, 6) is 2.08. The number of hydrogen-bond acceptors (Lipinski definition) is 4. The van der Waals surface area contributed by atoms with Gasteiger partial charge in [-0.05, 0) is 42.0 Å². The molecule has 0 aliphatic rings. The molecule has 0 radical (unpaired) electrons. The van der Waals surface area contributed by atoms with E-state index in [0.717, 1.165) is 17.5 Å². The molecule has 4 nitrogen and oxygen atoms in total. The molecule has 4 heteroatoms. The molecule has 0 aliphatic heterocycles. The molecule has 134 valence electrons. The summed E-state index contributed by atoms with van der Waals surface area (Å²) < 4.78 is 16.3. The van der Waals surface area contributed by atoms with Crippen LogP contribution in [0.5, 0.6) is 17.2 Å². The maximum Gasteiger partial charge on any atom is 0.311 e. The summed E-state index contributed by atoms with van der Waals surface area (Å²) in [6.45, 7) is 4.26. The van der Waals surface area contributed by atoms with E-state index >= 15 is 0 Å². The van der Waals surface area contributed by atoms with Crippen LogP contribution in [0.2, 0.25) is 0 Å². The second-order valence-corrected chi connectivity index (χ2v) is 5.97. The Hall–Kier alpha value is -2.49. The largest absolute Gasteiger partial charge is 0.493 e. The molecule has 25 heavy (non-hydrogen) atoms. The van der Waals surface area contributed by atoms with E-state index < -0.39 is 0 Å². The number of aryl methyl sites for hydroxylation is 1. The van der Waals surface area contributed by atoms with E-state index in [4.69, 9.17) is 14.2 Å². The fraction of sp³-hybridized carbons (Fsp3) is 0.381. The molecule has 0 amide bonds. The number of rotatable bonds is 8. The van der Waals surface area contributed by atoms with Gasteiger partial charge in [0.25, 0.3) is 0 Å². The van der Waals surface area contributed by atoms with Gasteiger partial charge >= 0.3 is 5.97 Å². The van der Waals surface area contributed by atoms with Crippen molar-refractivity contribution in [3.8, 4) is 17.2 Å². The first-order valence-corrected chi connectivity index (χ1v) is 8.60. The Morgan fingerprint density at radius 2 is 1.72 bits per heavy atom. The van der Waals surface area contributed by atoms with Crippen molar-refractivity contribution in [1.29, 1.82) is 0 Å². The van der Waals surface area contributed by atoms with E-state index in [-0.39, 0.29) is 12.4 Å². The molecular formula is C21H26O4. The summed E-state index contributed by atoms with van der Waals surface area (Å²) >= 11 is 0. The monoisotopic (exact) mass is 342 g/mol. The number of methoxy groups -OCH3 is 2. The van der Waals surface area contributed by atoms with Crippen LogP contribution in [0.25, 0.3) is 0 Å². The molecule has 2 rings (SSSR count).